The number of alkyl halides is 5. The molecule has 0 saturated carbocycles. The quantitative estimate of drug-likeness (QED) is 0.131. The lowest BCUT2D eigenvalue weighted by molar-refractivity contribution is -0.141. The molecule has 0 amide bonds. The van der Waals surface area contributed by atoms with E-state index >= 15 is 13.2 Å². The van der Waals surface area contributed by atoms with E-state index in [0.29, 0.717) is 6.42 Å². The van der Waals surface area contributed by atoms with Crippen LogP contribution in [0.3, 0.4) is 0 Å². The Morgan fingerprint density at radius 2 is 1.38 bits per heavy atom. The highest BCUT2D eigenvalue weighted by Gasteiger charge is 2.48. The van der Waals surface area contributed by atoms with Crippen molar-refractivity contribution < 1.29 is 31.1 Å². The highest BCUT2D eigenvalue weighted by atomic mass is 19.4. The van der Waals surface area contributed by atoms with Gasteiger partial charge in [-0.25, -0.2) is 13.2 Å². The molecule has 0 fully saturated rings. The second-order valence-electron chi connectivity index (χ2n) is 11.2. The van der Waals surface area contributed by atoms with Gasteiger partial charge < -0.3 is 4.74 Å². The van der Waals surface area contributed by atoms with E-state index in [0.717, 1.165) is 87.6 Å². The summed E-state index contributed by atoms with van der Waals surface area (Å²) < 4.78 is 95.3. The van der Waals surface area contributed by atoms with Crippen LogP contribution in [0.4, 0.5) is 26.3 Å². The Kier molecular flexibility index (Phi) is 13.1. The van der Waals surface area contributed by atoms with E-state index < -0.39 is 46.3 Å². The van der Waals surface area contributed by atoms with Crippen LogP contribution >= 0.6 is 0 Å². The molecule has 1 aliphatic rings. The number of benzene rings is 2. The molecule has 2 atom stereocenters. The largest absolute Gasteiger partial charge is 0.493 e. The van der Waals surface area contributed by atoms with Crippen LogP contribution in [0.1, 0.15) is 113 Å². The molecular formula is C35H44F6O. The summed E-state index contributed by atoms with van der Waals surface area (Å²) >= 11 is 0. The van der Waals surface area contributed by atoms with Gasteiger partial charge in [-0.2, -0.15) is 13.2 Å². The van der Waals surface area contributed by atoms with Gasteiger partial charge >= 0.3 is 6.18 Å². The summed E-state index contributed by atoms with van der Waals surface area (Å²) in [7, 11) is 0. The average molecular weight is 595 g/mol. The topological polar surface area (TPSA) is 9.23 Å². The molecule has 0 radical (unpaired) electrons. The summed E-state index contributed by atoms with van der Waals surface area (Å²) in [5, 5.41) is 0. The highest BCUT2D eigenvalue weighted by Crippen LogP contribution is 2.49. The Labute approximate surface area is 247 Å². The molecular weight excluding hydrogens is 550 g/mol. The van der Waals surface area contributed by atoms with E-state index in [-0.39, 0.29) is 12.2 Å². The molecule has 232 valence electrons. The second-order valence-corrected chi connectivity index (χ2v) is 11.2. The average Bonchev–Trinajstić information content (AvgIpc) is 2.96. The maximum absolute atomic E-state index is 16.7. The molecule has 0 spiro atoms. The van der Waals surface area contributed by atoms with Crippen molar-refractivity contribution in [3.63, 3.8) is 0 Å². The van der Waals surface area contributed by atoms with E-state index in [9.17, 15) is 13.2 Å². The Morgan fingerprint density at radius 1 is 0.786 bits per heavy atom. The van der Waals surface area contributed by atoms with Crippen molar-refractivity contribution in [3.05, 3.63) is 82.7 Å². The predicted octanol–water partition coefficient (Wildman–Crippen LogP) is 11.6. The molecule has 0 N–H and O–H groups in total. The van der Waals surface area contributed by atoms with Gasteiger partial charge in [0.2, 0.25) is 0 Å². The van der Waals surface area contributed by atoms with Gasteiger partial charge in [0.05, 0.1) is 6.61 Å². The Balaban J connectivity index is 1.82. The Hall–Kier alpha value is -2.70. The minimum absolute atomic E-state index is 0.00408. The van der Waals surface area contributed by atoms with Crippen LogP contribution in [0.15, 0.2) is 54.6 Å². The number of aryl methyl sites for hydroxylation is 1. The number of allylic oxidation sites excluding steroid dienone is 4. The maximum atomic E-state index is 16.7. The number of halogens is 6. The molecule has 3 rings (SSSR count). The van der Waals surface area contributed by atoms with Crippen LogP contribution in [0.25, 0.3) is 5.57 Å². The van der Waals surface area contributed by atoms with Crippen LogP contribution < -0.4 is 4.74 Å². The van der Waals surface area contributed by atoms with Gasteiger partial charge in [-0.15, -0.1) is 0 Å². The molecule has 1 aliphatic carbocycles. The zero-order valence-electron chi connectivity index (χ0n) is 24.8. The van der Waals surface area contributed by atoms with Crippen LogP contribution in [-0.2, 0) is 18.3 Å². The molecule has 0 aromatic heterocycles. The Bertz CT molecular complexity index is 1170. The molecule has 2 aromatic carbocycles. The van der Waals surface area contributed by atoms with Crippen LogP contribution in [0.5, 0.6) is 5.75 Å². The number of unbranched alkanes of at least 4 members (excludes halogenated alkanes) is 10. The third-order valence-corrected chi connectivity index (χ3v) is 7.94. The SMILES string of the molecule is CCCCCCCCOc1ccc(C2=CC=CC(F)C2(F)c2ccc(CCCCCCCC)cc2)c(F)c1C(F)(F)F. The maximum Gasteiger partial charge on any atom is 0.422 e. The van der Waals surface area contributed by atoms with Gasteiger partial charge in [0, 0.05) is 11.1 Å². The minimum Gasteiger partial charge on any atom is -0.493 e. The first-order chi connectivity index (χ1) is 20.1. The lowest BCUT2D eigenvalue weighted by atomic mass is 9.77. The number of hydrogen-bond donors (Lipinski definition) is 0. The third-order valence-electron chi connectivity index (χ3n) is 7.94. The van der Waals surface area contributed by atoms with E-state index in [1.165, 1.54) is 37.5 Å². The van der Waals surface area contributed by atoms with E-state index in [4.69, 9.17) is 4.74 Å². The fourth-order valence-corrected chi connectivity index (χ4v) is 5.49. The van der Waals surface area contributed by atoms with Crippen molar-refractivity contribution in [3.8, 4) is 5.75 Å². The lowest BCUT2D eigenvalue weighted by Gasteiger charge is -2.33. The van der Waals surface area contributed by atoms with Crippen molar-refractivity contribution in [1.82, 2.24) is 0 Å². The van der Waals surface area contributed by atoms with Gasteiger partial charge in [0.25, 0.3) is 0 Å². The van der Waals surface area contributed by atoms with Gasteiger partial charge in [0.1, 0.15) is 17.1 Å². The van der Waals surface area contributed by atoms with Gasteiger partial charge in [0.15, 0.2) is 11.8 Å². The summed E-state index contributed by atoms with van der Waals surface area (Å²) in [6.07, 6.45) is 9.11. The van der Waals surface area contributed by atoms with Crippen LogP contribution in [0.2, 0.25) is 0 Å². The first kappa shape index (κ1) is 33.8. The summed E-state index contributed by atoms with van der Waals surface area (Å²) in [6, 6.07) is 8.39. The molecule has 0 saturated heterocycles. The second kappa shape index (κ2) is 16.2. The monoisotopic (exact) mass is 594 g/mol. The predicted molar refractivity (Wildman–Crippen MR) is 159 cm³/mol. The van der Waals surface area contributed by atoms with Gasteiger partial charge in [-0.1, -0.05) is 114 Å². The molecule has 0 bridgehead atoms. The zero-order valence-corrected chi connectivity index (χ0v) is 24.8. The molecule has 0 heterocycles. The molecule has 2 aromatic rings. The number of ether oxygens (including phenoxy) is 1. The van der Waals surface area contributed by atoms with E-state index in [2.05, 4.69) is 13.8 Å². The molecule has 7 heteroatoms. The van der Waals surface area contributed by atoms with Crippen molar-refractivity contribution >= 4 is 5.57 Å². The number of hydrogen-bond acceptors (Lipinski definition) is 1. The number of rotatable bonds is 17. The molecule has 1 nitrogen and oxygen atoms in total. The molecule has 0 aliphatic heterocycles. The van der Waals surface area contributed by atoms with E-state index in [1.54, 1.807) is 12.1 Å². The standard InChI is InChI=1S/C35H44F6O/c1-3-5-7-9-11-13-16-26-19-21-27(22-20-26)34(38)29(17-15-18-31(34)36)28-23-24-30(32(33(28)37)35(39,40)41)42-25-14-12-10-8-6-4-2/h15,17-24,31H,3-14,16,25H2,1-2H3. The Morgan fingerprint density at radius 3 is 2.00 bits per heavy atom. The van der Waals surface area contributed by atoms with E-state index in [1.807, 2.05) is 0 Å². The van der Waals surface area contributed by atoms with Crippen LogP contribution in [-0.4, -0.2) is 12.8 Å². The summed E-state index contributed by atoms with van der Waals surface area (Å²) in [4.78, 5) is 0. The smallest absolute Gasteiger partial charge is 0.422 e. The third kappa shape index (κ3) is 8.67. The van der Waals surface area contributed by atoms with Gasteiger partial charge in [-0.05, 0) is 48.6 Å². The molecule has 42 heavy (non-hydrogen) atoms. The van der Waals surface area contributed by atoms with Crippen molar-refractivity contribution in [2.45, 2.75) is 115 Å². The van der Waals surface area contributed by atoms with Crippen molar-refractivity contribution in [2.75, 3.05) is 6.61 Å². The lowest BCUT2D eigenvalue weighted by Crippen LogP contribution is -2.34. The van der Waals surface area contributed by atoms with Gasteiger partial charge in [-0.3, -0.25) is 0 Å². The summed E-state index contributed by atoms with van der Waals surface area (Å²) in [5.74, 6) is -2.32. The first-order valence-corrected chi connectivity index (χ1v) is 15.5. The summed E-state index contributed by atoms with van der Waals surface area (Å²) in [5.41, 5.74) is -4.71. The highest BCUT2D eigenvalue weighted by molar-refractivity contribution is 5.79. The fraction of sp³-hybridized carbons (Fsp3) is 0.543. The van der Waals surface area contributed by atoms with Crippen molar-refractivity contribution in [2.24, 2.45) is 0 Å². The molecule has 2 unspecified atom stereocenters. The fourth-order valence-electron chi connectivity index (χ4n) is 5.49. The van der Waals surface area contributed by atoms with Crippen LogP contribution in [0, 0.1) is 5.82 Å². The zero-order chi connectivity index (χ0) is 30.6. The van der Waals surface area contributed by atoms with Crippen molar-refractivity contribution in [1.29, 1.82) is 0 Å². The minimum atomic E-state index is -5.09. The summed E-state index contributed by atoms with van der Waals surface area (Å²) in [6.45, 7) is 4.26. The first-order valence-electron chi connectivity index (χ1n) is 15.5. The normalized spacial score (nSPS) is 18.8.